The maximum Gasteiger partial charge on any atom is 0.452 e. The summed E-state index contributed by atoms with van der Waals surface area (Å²) >= 11 is 0. The van der Waals surface area contributed by atoms with Crippen LogP contribution in [-0.4, -0.2) is 24.3 Å². The van der Waals surface area contributed by atoms with Crippen LogP contribution < -0.4 is 0 Å². The van der Waals surface area contributed by atoms with Crippen molar-refractivity contribution in [3.63, 3.8) is 0 Å². The molecule has 6 heteroatoms. The Labute approximate surface area is 101 Å². The van der Waals surface area contributed by atoms with Gasteiger partial charge in [-0.25, -0.2) is 9.59 Å². The number of hydrogen-bond donors (Lipinski definition) is 0. The summed E-state index contributed by atoms with van der Waals surface area (Å²) in [4.78, 5) is 22.2. The summed E-state index contributed by atoms with van der Waals surface area (Å²) in [7, 11) is 0. The van der Waals surface area contributed by atoms with Gasteiger partial charge in [0.2, 0.25) is 0 Å². The molecule has 0 bridgehead atoms. The van der Waals surface area contributed by atoms with Crippen LogP contribution in [0.5, 0.6) is 0 Å². The molecule has 17 heavy (non-hydrogen) atoms. The molecule has 0 atom stereocenters. The number of nitrogens with zero attached hydrogens (tertiary/aromatic N) is 2. The first-order valence-corrected chi connectivity index (χ1v) is 5.24. The molecule has 0 aliphatic heterocycles. The molecule has 0 aromatic carbocycles. The van der Waals surface area contributed by atoms with Crippen LogP contribution in [0, 0.1) is 0 Å². The lowest BCUT2D eigenvalue weighted by molar-refractivity contribution is -0.137. The molecular weight excluding hydrogens is 224 g/mol. The third-order valence-corrected chi connectivity index (χ3v) is 1.30. The number of hydrogen-bond acceptors (Lipinski definition) is 5. The largest absolute Gasteiger partial charge is 0.463 e. The van der Waals surface area contributed by atoms with E-state index < -0.39 is 17.7 Å². The molecule has 0 unspecified atom stereocenters. The quantitative estimate of drug-likeness (QED) is 0.433. The second kappa shape index (κ2) is 6.78. The summed E-state index contributed by atoms with van der Waals surface area (Å²) in [5, 5.41) is 6.85. The molecule has 6 nitrogen and oxygen atoms in total. The Morgan fingerprint density at radius 3 is 2.29 bits per heavy atom. The number of rotatable bonds is 3. The summed E-state index contributed by atoms with van der Waals surface area (Å²) in [5.41, 5.74) is -0.344. The van der Waals surface area contributed by atoms with Gasteiger partial charge < -0.3 is 9.47 Å². The van der Waals surface area contributed by atoms with Gasteiger partial charge in [0.25, 0.3) is 0 Å². The average Bonchev–Trinajstić information content (AvgIpc) is 2.12. The van der Waals surface area contributed by atoms with Crippen molar-refractivity contribution in [2.24, 2.45) is 10.2 Å². The van der Waals surface area contributed by atoms with E-state index in [-0.39, 0.29) is 12.3 Å². The molecule has 0 spiro atoms. The molecule has 0 rings (SSSR count). The van der Waals surface area contributed by atoms with Crippen molar-refractivity contribution >= 4 is 12.1 Å². The fourth-order valence-corrected chi connectivity index (χ4v) is 0.785. The molecule has 0 aromatic rings. The molecule has 0 saturated carbocycles. The number of ether oxygens (including phenoxy) is 2. The zero-order valence-corrected chi connectivity index (χ0v) is 10.8. The van der Waals surface area contributed by atoms with Crippen LogP contribution in [0.15, 0.2) is 22.0 Å². The average molecular weight is 242 g/mol. The topological polar surface area (TPSA) is 77.3 Å². The van der Waals surface area contributed by atoms with E-state index >= 15 is 0 Å². The van der Waals surface area contributed by atoms with Crippen LogP contribution in [0.4, 0.5) is 4.79 Å². The molecule has 0 aliphatic carbocycles. The number of esters is 1. The number of amides is 1. The van der Waals surface area contributed by atoms with Gasteiger partial charge in [0.15, 0.2) is 0 Å². The van der Waals surface area contributed by atoms with E-state index in [9.17, 15) is 9.59 Å². The molecule has 0 saturated heterocycles. The minimum Gasteiger partial charge on any atom is -0.463 e. The number of carbonyl (C=O) groups is 2. The van der Waals surface area contributed by atoms with Gasteiger partial charge in [-0.3, -0.25) is 0 Å². The van der Waals surface area contributed by atoms with Gasteiger partial charge in [0, 0.05) is 6.08 Å². The van der Waals surface area contributed by atoms with Gasteiger partial charge in [-0.2, -0.15) is 0 Å². The predicted molar refractivity (Wildman–Crippen MR) is 61.5 cm³/mol. The van der Waals surface area contributed by atoms with Crippen molar-refractivity contribution in [1.82, 2.24) is 0 Å². The summed E-state index contributed by atoms with van der Waals surface area (Å²) in [5.74, 6) is -0.520. The Morgan fingerprint density at radius 1 is 1.24 bits per heavy atom. The Kier molecular flexibility index (Phi) is 6.09. The lowest BCUT2D eigenvalue weighted by Gasteiger charge is -2.16. The van der Waals surface area contributed by atoms with Crippen molar-refractivity contribution < 1.29 is 19.1 Å². The second-order valence-corrected chi connectivity index (χ2v) is 4.22. The van der Waals surface area contributed by atoms with Crippen molar-refractivity contribution in [1.29, 1.82) is 0 Å². The highest BCUT2D eigenvalue weighted by molar-refractivity contribution is 5.82. The molecule has 0 radical (unpaired) electrons. The standard InChI is InChI=1S/C11H18N2O4/c1-6-16-9(14)7-8(2)12-13-10(15)17-11(3,4)5/h7H,6H2,1-5H3/b8-7-,13-12?. The SMILES string of the molecule is CCOC(=O)/C=C(/C)N=NC(=O)OC(C)(C)C. The fourth-order valence-electron chi connectivity index (χ4n) is 0.785. The van der Waals surface area contributed by atoms with Gasteiger partial charge in [0.1, 0.15) is 5.60 Å². The van der Waals surface area contributed by atoms with Crippen molar-refractivity contribution in [3.8, 4) is 0 Å². The summed E-state index contributed by atoms with van der Waals surface area (Å²) in [6.45, 7) is 8.69. The minimum absolute atomic E-state index is 0.273. The van der Waals surface area contributed by atoms with E-state index in [0.717, 1.165) is 6.08 Å². The van der Waals surface area contributed by atoms with Crippen LogP contribution in [0.25, 0.3) is 0 Å². The monoisotopic (exact) mass is 242 g/mol. The first-order chi connectivity index (χ1) is 7.74. The molecule has 0 N–H and O–H groups in total. The maximum absolute atomic E-state index is 11.1. The van der Waals surface area contributed by atoms with Crippen LogP contribution >= 0.6 is 0 Å². The zero-order chi connectivity index (χ0) is 13.5. The molecule has 96 valence electrons. The van der Waals surface area contributed by atoms with Gasteiger partial charge in [-0.05, 0) is 34.6 Å². The molecule has 1 amide bonds. The number of azo groups is 1. The van der Waals surface area contributed by atoms with Crippen molar-refractivity contribution in [2.75, 3.05) is 6.61 Å². The normalized spacial score (nSPS) is 12.6. The van der Waals surface area contributed by atoms with Crippen LogP contribution in [0.3, 0.4) is 0 Å². The zero-order valence-electron chi connectivity index (χ0n) is 10.8. The lowest BCUT2D eigenvalue weighted by Crippen LogP contribution is -2.21. The molecule has 0 fully saturated rings. The smallest absolute Gasteiger partial charge is 0.452 e. The van der Waals surface area contributed by atoms with Crippen molar-refractivity contribution in [2.45, 2.75) is 40.2 Å². The van der Waals surface area contributed by atoms with Crippen LogP contribution in [0.1, 0.15) is 34.6 Å². The summed E-state index contributed by atoms with van der Waals surface area (Å²) < 4.78 is 9.56. The van der Waals surface area contributed by atoms with Crippen molar-refractivity contribution in [3.05, 3.63) is 11.8 Å². The summed E-state index contributed by atoms with van der Waals surface area (Å²) in [6, 6.07) is 0. The second-order valence-electron chi connectivity index (χ2n) is 4.22. The van der Waals surface area contributed by atoms with Crippen LogP contribution in [-0.2, 0) is 14.3 Å². The Hall–Kier alpha value is -1.72. The Bertz CT molecular complexity index is 340. The van der Waals surface area contributed by atoms with E-state index in [1.807, 2.05) is 0 Å². The molecular formula is C11H18N2O4. The predicted octanol–water partition coefficient (Wildman–Crippen LogP) is 2.84. The first kappa shape index (κ1) is 15.3. The highest BCUT2D eigenvalue weighted by Gasteiger charge is 2.15. The van der Waals surface area contributed by atoms with E-state index in [4.69, 9.17) is 4.74 Å². The van der Waals surface area contributed by atoms with E-state index in [2.05, 4.69) is 15.0 Å². The molecule has 0 heterocycles. The molecule has 0 aliphatic rings. The first-order valence-electron chi connectivity index (χ1n) is 5.24. The number of allylic oxidation sites excluding steroid dienone is 1. The molecule has 0 aromatic heterocycles. The maximum atomic E-state index is 11.1. The van der Waals surface area contributed by atoms with Gasteiger partial charge in [-0.15, -0.1) is 5.11 Å². The fraction of sp³-hybridized carbons (Fsp3) is 0.636. The summed E-state index contributed by atoms with van der Waals surface area (Å²) in [6.07, 6.45) is 0.353. The lowest BCUT2D eigenvalue weighted by atomic mass is 10.2. The number of carbonyl (C=O) groups excluding carboxylic acids is 2. The van der Waals surface area contributed by atoms with Gasteiger partial charge >= 0.3 is 12.1 Å². The highest BCUT2D eigenvalue weighted by atomic mass is 16.6. The van der Waals surface area contributed by atoms with E-state index in [0.29, 0.717) is 0 Å². The Morgan fingerprint density at radius 2 is 1.82 bits per heavy atom. The van der Waals surface area contributed by atoms with E-state index in [1.54, 1.807) is 27.7 Å². The third kappa shape index (κ3) is 9.22. The van der Waals surface area contributed by atoms with Gasteiger partial charge in [0.05, 0.1) is 12.3 Å². The Balaban J connectivity index is 4.33. The van der Waals surface area contributed by atoms with E-state index in [1.165, 1.54) is 6.92 Å². The minimum atomic E-state index is -0.797. The third-order valence-electron chi connectivity index (χ3n) is 1.30. The van der Waals surface area contributed by atoms with Gasteiger partial charge in [-0.1, -0.05) is 5.11 Å². The highest BCUT2D eigenvalue weighted by Crippen LogP contribution is 2.08. The van der Waals surface area contributed by atoms with Crippen LogP contribution in [0.2, 0.25) is 0 Å².